The van der Waals surface area contributed by atoms with E-state index in [4.69, 9.17) is 0 Å². The highest BCUT2D eigenvalue weighted by atomic mass is 16.1. The number of carbonyl (C=O) groups excluding carboxylic acids is 2. The van der Waals surface area contributed by atoms with Crippen molar-refractivity contribution >= 4 is 22.9 Å². The molecule has 0 radical (unpaired) electrons. The van der Waals surface area contributed by atoms with Gasteiger partial charge in [0.2, 0.25) is 0 Å². The standard InChI is InChI=1S/C14H14N2O2/c17-11-3-5-15-7-8-16-6-4-12(18)10-2-1-9(11)13(15)14(10)16/h1-2H,3-8H2. The van der Waals surface area contributed by atoms with Crippen LogP contribution in [0.2, 0.25) is 0 Å². The maximum Gasteiger partial charge on any atom is 0.166 e. The van der Waals surface area contributed by atoms with Crippen molar-refractivity contribution in [3.05, 3.63) is 23.3 Å². The van der Waals surface area contributed by atoms with E-state index in [1.54, 1.807) is 0 Å². The van der Waals surface area contributed by atoms with Gasteiger partial charge in [0.1, 0.15) is 0 Å². The maximum atomic E-state index is 12.0. The number of hydrogen-bond donors (Lipinski definition) is 0. The third-order valence-electron chi connectivity index (χ3n) is 4.24. The van der Waals surface area contributed by atoms with Crippen LogP contribution in [0.3, 0.4) is 0 Å². The van der Waals surface area contributed by atoms with Gasteiger partial charge in [0.15, 0.2) is 11.6 Å². The third-order valence-corrected chi connectivity index (χ3v) is 4.24. The zero-order valence-corrected chi connectivity index (χ0v) is 10.1. The molecule has 0 unspecified atom stereocenters. The highest BCUT2D eigenvalue weighted by molar-refractivity contribution is 6.13. The molecule has 1 aromatic rings. The number of Topliss-reactive ketones (excluding diaryl/α,β-unsaturated/α-hetero) is 2. The SMILES string of the molecule is O=C1CCN2CCN3CCC(=O)c4ccc1c2c43. The number of benzene rings is 1. The van der Waals surface area contributed by atoms with Crippen molar-refractivity contribution in [2.24, 2.45) is 0 Å². The summed E-state index contributed by atoms with van der Waals surface area (Å²) < 4.78 is 0. The Bertz CT molecular complexity index is 528. The van der Waals surface area contributed by atoms with Gasteiger partial charge in [-0.2, -0.15) is 0 Å². The summed E-state index contributed by atoms with van der Waals surface area (Å²) in [6, 6.07) is 3.69. The van der Waals surface area contributed by atoms with Gasteiger partial charge in [-0.3, -0.25) is 9.59 Å². The van der Waals surface area contributed by atoms with Crippen molar-refractivity contribution in [3.8, 4) is 0 Å². The van der Waals surface area contributed by atoms with Gasteiger partial charge in [-0.25, -0.2) is 0 Å². The third kappa shape index (κ3) is 1.15. The van der Waals surface area contributed by atoms with Gasteiger partial charge in [0, 0.05) is 50.1 Å². The molecule has 0 N–H and O–H groups in total. The fourth-order valence-electron chi connectivity index (χ4n) is 3.32. The predicted molar refractivity (Wildman–Crippen MR) is 68.8 cm³/mol. The van der Waals surface area contributed by atoms with E-state index in [0.29, 0.717) is 12.8 Å². The molecule has 4 nitrogen and oxygen atoms in total. The number of nitrogens with zero attached hydrogens (tertiary/aromatic N) is 2. The predicted octanol–water partition coefficient (Wildman–Crippen LogP) is 1.49. The Kier molecular flexibility index (Phi) is 1.88. The highest BCUT2D eigenvalue weighted by Gasteiger charge is 2.36. The number of hydrogen-bond acceptors (Lipinski definition) is 4. The Morgan fingerprint density at radius 1 is 0.722 bits per heavy atom. The van der Waals surface area contributed by atoms with E-state index in [-0.39, 0.29) is 11.6 Å². The van der Waals surface area contributed by atoms with Crippen LogP contribution in [0.4, 0.5) is 11.4 Å². The fraction of sp³-hybridized carbons (Fsp3) is 0.429. The van der Waals surface area contributed by atoms with Crippen molar-refractivity contribution in [1.82, 2.24) is 0 Å². The van der Waals surface area contributed by atoms with Crippen LogP contribution >= 0.6 is 0 Å². The maximum absolute atomic E-state index is 12.0. The molecule has 1 aromatic carbocycles. The van der Waals surface area contributed by atoms with Gasteiger partial charge in [-0.15, -0.1) is 0 Å². The summed E-state index contributed by atoms with van der Waals surface area (Å²) in [6.07, 6.45) is 1.19. The minimum atomic E-state index is 0.212. The number of carbonyl (C=O) groups is 2. The fourth-order valence-corrected chi connectivity index (χ4v) is 3.32. The molecule has 3 aliphatic heterocycles. The molecule has 92 valence electrons. The molecule has 0 bridgehead atoms. The molecule has 0 fully saturated rings. The molecule has 0 aliphatic carbocycles. The first-order chi connectivity index (χ1) is 8.75. The van der Waals surface area contributed by atoms with Crippen molar-refractivity contribution in [2.45, 2.75) is 12.8 Å². The molecule has 18 heavy (non-hydrogen) atoms. The molecule has 0 atom stereocenters. The Labute approximate surface area is 105 Å². The second-order valence-corrected chi connectivity index (χ2v) is 5.18. The van der Waals surface area contributed by atoms with E-state index in [0.717, 1.165) is 48.7 Å². The summed E-state index contributed by atoms with van der Waals surface area (Å²) in [6.45, 7) is 3.52. The molecule has 0 spiro atoms. The van der Waals surface area contributed by atoms with Gasteiger partial charge in [0.25, 0.3) is 0 Å². The summed E-state index contributed by atoms with van der Waals surface area (Å²) in [5.41, 5.74) is 3.64. The lowest BCUT2D eigenvalue weighted by molar-refractivity contribution is 0.0965. The quantitative estimate of drug-likeness (QED) is 0.691. The minimum Gasteiger partial charge on any atom is -0.367 e. The number of anilines is 2. The monoisotopic (exact) mass is 242 g/mol. The Morgan fingerprint density at radius 3 is 1.61 bits per heavy atom. The summed E-state index contributed by atoms with van der Waals surface area (Å²) in [5.74, 6) is 0.424. The van der Waals surface area contributed by atoms with Crippen LogP contribution in [0.5, 0.6) is 0 Å². The first-order valence-corrected chi connectivity index (χ1v) is 6.49. The number of rotatable bonds is 0. The molecular formula is C14H14N2O2. The molecule has 0 saturated carbocycles. The lowest BCUT2D eigenvalue weighted by atomic mass is 9.90. The molecule has 4 rings (SSSR count). The van der Waals surface area contributed by atoms with Crippen LogP contribution in [0.15, 0.2) is 12.1 Å². The van der Waals surface area contributed by atoms with Crippen LogP contribution < -0.4 is 9.80 Å². The molecule has 0 saturated heterocycles. The Hall–Kier alpha value is -1.84. The summed E-state index contributed by atoms with van der Waals surface area (Å²) >= 11 is 0. The average Bonchev–Trinajstić information content (AvgIpc) is 2.40. The van der Waals surface area contributed by atoms with E-state index in [1.165, 1.54) is 0 Å². The molecule has 4 heteroatoms. The second kappa shape index (κ2) is 3.34. The molecular weight excluding hydrogens is 228 g/mol. The van der Waals surface area contributed by atoms with Gasteiger partial charge >= 0.3 is 0 Å². The summed E-state index contributed by atoms with van der Waals surface area (Å²) in [5, 5.41) is 0. The van der Waals surface area contributed by atoms with E-state index in [2.05, 4.69) is 9.80 Å². The van der Waals surface area contributed by atoms with Gasteiger partial charge in [-0.1, -0.05) is 0 Å². The van der Waals surface area contributed by atoms with E-state index >= 15 is 0 Å². The van der Waals surface area contributed by atoms with Crippen LogP contribution in [0.25, 0.3) is 0 Å². The summed E-state index contributed by atoms with van der Waals surface area (Å²) in [4.78, 5) is 28.5. The lowest BCUT2D eigenvalue weighted by Crippen LogP contribution is -2.47. The second-order valence-electron chi connectivity index (χ2n) is 5.18. The molecule has 3 aliphatic rings. The van der Waals surface area contributed by atoms with Crippen LogP contribution in [-0.2, 0) is 0 Å². The van der Waals surface area contributed by atoms with Gasteiger partial charge in [-0.05, 0) is 12.1 Å². The first-order valence-electron chi connectivity index (χ1n) is 6.49. The molecule has 0 aromatic heterocycles. The Balaban J connectivity index is 2.04. The van der Waals surface area contributed by atoms with Crippen molar-refractivity contribution in [2.75, 3.05) is 36.0 Å². The largest absolute Gasteiger partial charge is 0.367 e. The van der Waals surface area contributed by atoms with E-state index in [1.807, 2.05) is 12.1 Å². The smallest absolute Gasteiger partial charge is 0.166 e. The number of ketones is 2. The van der Waals surface area contributed by atoms with E-state index in [9.17, 15) is 9.59 Å². The van der Waals surface area contributed by atoms with Gasteiger partial charge in [0.05, 0.1) is 11.4 Å². The molecule has 3 heterocycles. The van der Waals surface area contributed by atoms with E-state index < -0.39 is 0 Å². The van der Waals surface area contributed by atoms with Crippen LogP contribution in [0.1, 0.15) is 33.6 Å². The normalized spacial score (nSPS) is 21.1. The summed E-state index contributed by atoms with van der Waals surface area (Å²) in [7, 11) is 0. The van der Waals surface area contributed by atoms with Crippen LogP contribution in [-0.4, -0.2) is 37.7 Å². The Morgan fingerprint density at radius 2 is 1.17 bits per heavy atom. The first kappa shape index (κ1) is 10.1. The zero-order chi connectivity index (χ0) is 12.3. The zero-order valence-electron chi connectivity index (χ0n) is 10.1. The minimum absolute atomic E-state index is 0.212. The molecule has 0 amide bonds. The van der Waals surface area contributed by atoms with Crippen molar-refractivity contribution in [1.29, 1.82) is 0 Å². The average molecular weight is 242 g/mol. The van der Waals surface area contributed by atoms with Crippen molar-refractivity contribution < 1.29 is 9.59 Å². The highest BCUT2D eigenvalue weighted by Crippen LogP contribution is 2.43. The topological polar surface area (TPSA) is 40.6 Å². The lowest BCUT2D eigenvalue weighted by Gasteiger charge is -2.44. The van der Waals surface area contributed by atoms with Crippen LogP contribution in [0, 0.1) is 0 Å². The van der Waals surface area contributed by atoms with Crippen molar-refractivity contribution in [3.63, 3.8) is 0 Å². The van der Waals surface area contributed by atoms with Gasteiger partial charge < -0.3 is 9.80 Å².